The Morgan fingerprint density at radius 1 is 0.292 bits per heavy atom. The highest BCUT2D eigenvalue weighted by atomic mass is 16.2. The lowest BCUT2D eigenvalue weighted by atomic mass is 9.98. The van der Waals surface area contributed by atoms with Crippen LogP contribution in [0.3, 0.4) is 0 Å². The van der Waals surface area contributed by atoms with Crippen LogP contribution in [0.2, 0.25) is 0 Å². The second-order valence-electron chi connectivity index (χ2n) is 29.3. The summed E-state index contributed by atoms with van der Waals surface area (Å²) in [5.74, 6) is -12.5. The molecule has 0 bridgehead atoms. The molecule has 0 aromatic heterocycles. The molecule has 31 heteroatoms. The molecule has 2 aromatic rings. The molecule has 1 heterocycles. The van der Waals surface area contributed by atoms with E-state index in [1.165, 1.54) is 0 Å². The minimum Gasteiger partial charge on any atom is -0.370 e. The first-order chi connectivity index (χ1) is 50.4. The number of unbranched alkanes of at least 4 members (excludes halogenated alkanes) is 5. The quantitative estimate of drug-likeness (QED) is 0.0405. The number of nitrogens with two attached hydrogens (primary N) is 6. The van der Waals surface area contributed by atoms with E-state index in [0.717, 1.165) is 0 Å². The van der Waals surface area contributed by atoms with Gasteiger partial charge in [-0.25, -0.2) is 0 Å². The lowest BCUT2D eigenvalue weighted by Crippen LogP contribution is -2.62. The average molecular weight is 1490 g/mol. The first kappa shape index (κ1) is 91.6. The van der Waals surface area contributed by atoms with E-state index in [1.54, 1.807) is 102 Å². The number of amides is 13. The van der Waals surface area contributed by atoms with Gasteiger partial charge in [0, 0.05) is 12.8 Å². The van der Waals surface area contributed by atoms with Gasteiger partial charge < -0.3 is 98.2 Å². The Morgan fingerprint density at radius 2 is 0.509 bits per heavy atom. The minimum atomic E-state index is -1.73. The molecular formula is C75H126N18O13. The summed E-state index contributed by atoms with van der Waals surface area (Å²) in [4.78, 5) is 190. The van der Waals surface area contributed by atoms with Crippen LogP contribution in [0, 0.1) is 23.7 Å². The molecule has 2 aromatic carbocycles. The molecule has 0 spiro atoms. The maximum atomic E-state index is 15.0. The molecule has 1 aliphatic heterocycles. The number of primary amides is 1. The normalized spacial score (nSPS) is 24.0. The van der Waals surface area contributed by atoms with Crippen molar-refractivity contribution in [3.05, 3.63) is 71.8 Å². The van der Waals surface area contributed by atoms with Crippen LogP contribution >= 0.6 is 0 Å². The Kier molecular flexibility index (Phi) is 43.2. The molecule has 13 amide bonds. The fraction of sp³-hybridized carbons (Fsp3) is 0.667. The van der Waals surface area contributed by atoms with Crippen LogP contribution in [0.1, 0.15) is 189 Å². The van der Waals surface area contributed by atoms with Crippen LogP contribution in [0.5, 0.6) is 0 Å². The molecule has 594 valence electrons. The second kappa shape index (κ2) is 50.0. The van der Waals surface area contributed by atoms with Gasteiger partial charge in [-0.1, -0.05) is 116 Å². The van der Waals surface area contributed by atoms with Crippen LogP contribution in [0.15, 0.2) is 60.7 Å². The first-order valence-electron chi connectivity index (χ1n) is 38.0. The molecule has 106 heavy (non-hydrogen) atoms. The van der Waals surface area contributed by atoms with Gasteiger partial charge in [0.1, 0.15) is 72.5 Å². The summed E-state index contributed by atoms with van der Waals surface area (Å²) in [6.45, 7) is 15.2. The molecule has 0 radical (unpaired) electrons. The molecule has 31 nitrogen and oxygen atoms in total. The van der Waals surface area contributed by atoms with E-state index in [2.05, 4.69) is 63.8 Å². The Labute approximate surface area is 625 Å². The van der Waals surface area contributed by atoms with Crippen molar-refractivity contribution in [2.45, 2.75) is 263 Å². The highest BCUT2D eigenvalue weighted by Gasteiger charge is 2.39. The molecule has 1 aliphatic rings. The topological polar surface area (TPSA) is 522 Å². The standard InChI is InChI=1S/C75H126N18O13/c1-45(2)39-56-69(100)84-55(33-19-24-38-80)68(99)90-59(42-49-25-11-9-12-26-49)71(102)85-51(29-15-20-34-76)64(95)82-53(31-17-22-36-78)66(97)87-57(40-46(3)4)70(101)91-60(43-50-27-13-10-14-28-50)72(103)86-52(30-16-21-35-77)65(96)83-54(32-18-23-37-79)67(98)88-58(41-47(5)6)74(105)93-63(48(7)8)75(106)92-61(44-62(81)94)73(104)89-56/h9-14,25-28,45-48,51-61,63H,15-24,29-44,76-80H2,1-8H3,(H2,81,94)(H,82,95)(H,83,96)(H,84,100)(H,85,102)(H,86,103)(H,87,97)(H,88,98)(H,89,104)(H,90,99)(H,91,101)(H,92,106)(H,93,105). The van der Waals surface area contributed by atoms with E-state index in [1.807, 2.05) is 13.8 Å². The molecule has 1 fully saturated rings. The summed E-state index contributed by atoms with van der Waals surface area (Å²) in [5, 5.41) is 33.2. The Morgan fingerprint density at radius 3 is 0.755 bits per heavy atom. The zero-order valence-corrected chi connectivity index (χ0v) is 63.7. The van der Waals surface area contributed by atoms with Crippen LogP contribution < -0.4 is 98.2 Å². The average Bonchev–Trinajstić information content (AvgIpc) is 0.851. The molecule has 1 saturated heterocycles. The summed E-state index contributed by atoms with van der Waals surface area (Å²) in [6, 6.07) is 0.715. The molecule has 12 unspecified atom stereocenters. The SMILES string of the molecule is CC(C)CC1NC(=O)C(CCCCN)NC(=O)C(CCCCN)NC(=O)C(Cc2ccccc2)NC(=O)C(CCCCN)NC(=O)C(CC(C)C)NC(=O)C(CC(N)=O)NC(=O)C(C(C)C)NC(=O)C(CC(C)C)NC(=O)C(CCCCN)NC(=O)C(CCCCN)NC(=O)C(Cc2ccccc2)NC1=O. The van der Waals surface area contributed by atoms with Gasteiger partial charge in [0.05, 0.1) is 6.42 Å². The van der Waals surface area contributed by atoms with Crippen LogP contribution in [0.4, 0.5) is 0 Å². The van der Waals surface area contributed by atoms with E-state index in [0.29, 0.717) is 75.3 Å². The number of benzene rings is 2. The zero-order chi connectivity index (χ0) is 78.8. The van der Waals surface area contributed by atoms with Gasteiger partial charge in [0.15, 0.2) is 0 Å². The zero-order valence-electron chi connectivity index (χ0n) is 63.7. The molecule has 3 rings (SSSR count). The van der Waals surface area contributed by atoms with Crippen molar-refractivity contribution in [3.8, 4) is 0 Å². The molecule has 12 atom stereocenters. The maximum absolute atomic E-state index is 15.0. The molecule has 0 aliphatic carbocycles. The summed E-state index contributed by atoms with van der Waals surface area (Å²) in [5.41, 5.74) is 36.5. The van der Waals surface area contributed by atoms with Gasteiger partial charge in [-0.05, 0) is 183 Å². The third-order valence-electron chi connectivity index (χ3n) is 18.0. The summed E-state index contributed by atoms with van der Waals surface area (Å²) >= 11 is 0. The first-order valence-corrected chi connectivity index (χ1v) is 38.0. The van der Waals surface area contributed by atoms with Crippen molar-refractivity contribution < 1.29 is 62.3 Å². The fourth-order valence-corrected chi connectivity index (χ4v) is 12.2. The number of hydrogen-bond donors (Lipinski definition) is 18. The van der Waals surface area contributed by atoms with E-state index < -0.39 is 162 Å². The largest absolute Gasteiger partial charge is 0.370 e. The Bertz CT molecular complexity index is 3090. The number of hydrogen-bond acceptors (Lipinski definition) is 18. The molecule has 0 saturated carbocycles. The number of rotatable bonds is 33. The van der Waals surface area contributed by atoms with Crippen LogP contribution in [0.25, 0.3) is 0 Å². The fourth-order valence-electron chi connectivity index (χ4n) is 12.2. The maximum Gasteiger partial charge on any atom is 0.243 e. The van der Waals surface area contributed by atoms with Gasteiger partial charge in [0.2, 0.25) is 76.8 Å². The van der Waals surface area contributed by atoms with E-state index in [9.17, 15) is 62.3 Å². The van der Waals surface area contributed by atoms with Crippen molar-refractivity contribution in [3.63, 3.8) is 0 Å². The van der Waals surface area contributed by atoms with Gasteiger partial charge in [-0.15, -0.1) is 0 Å². The van der Waals surface area contributed by atoms with E-state index in [4.69, 9.17) is 34.4 Å². The Balaban J connectivity index is 2.39. The van der Waals surface area contributed by atoms with Crippen molar-refractivity contribution >= 4 is 76.8 Å². The monoisotopic (exact) mass is 1490 g/mol. The van der Waals surface area contributed by atoms with Crippen molar-refractivity contribution in [1.82, 2.24) is 63.8 Å². The summed E-state index contributed by atoms with van der Waals surface area (Å²) in [6.07, 6.45) is 2.88. The van der Waals surface area contributed by atoms with Gasteiger partial charge in [0.25, 0.3) is 0 Å². The van der Waals surface area contributed by atoms with Crippen molar-refractivity contribution in [1.29, 1.82) is 0 Å². The Hall–Kier alpha value is -8.65. The predicted molar refractivity (Wildman–Crippen MR) is 405 cm³/mol. The number of nitrogens with one attached hydrogen (secondary N) is 12. The highest BCUT2D eigenvalue weighted by molar-refractivity contribution is 6.01. The smallest absolute Gasteiger partial charge is 0.243 e. The highest BCUT2D eigenvalue weighted by Crippen LogP contribution is 2.17. The van der Waals surface area contributed by atoms with E-state index in [-0.39, 0.29) is 115 Å². The van der Waals surface area contributed by atoms with Crippen LogP contribution in [-0.4, -0.2) is 182 Å². The van der Waals surface area contributed by atoms with E-state index >= 15 is 0 Å². The summed E-state index contributed by atoms with van der Waals surface area (Å²) in [7, 11) is 0. The third-order valence-corrected chi connectivity index (χ3v) is 18.0. The molecule has 24 N–H and O–H groups in total. The lowest BCUT2D eigenvalue weighted by Gasteiger charge is -2.30. The van der Waals surface area contributed by atoms with Crippen molar-refractivity contribution in [2.75, 3.05) is 32.7 Å². The number of carbonyl (C=O) groups is 13. The van der Waals surface area contributed by atoms with Gasteiger partial charge in [-0.2, -0.15) is 0 Å². The van der Waals surface area contributed by atoms with Gasteiger partial charge in [-0.3, -0.25) is 62.3 Å². The van der Waals surface area contributed by atoms with Gasteiger partial charge >= 0.3 is 0 Å². The third kappa shape index (κ3) is 34.7. The molecular weight excluding hydrogens is 1360 g/mol. The van der Waals surface area contributed by atoms with Crippen molar-refractivity contribution in [2.24, 2.45) is 58.1 Å². The summed E-state index contributed by atoms with van der Waals surface area (Å²) < 4.78 is 0. The minimum absolute atomic E-state index is 0.00942. The predicted octanol–water partition coefficient (Wildman–Crippen LogP) is -0.382. The van der Waals surface area contributed by atoms with Crippen LogP contribution in [-0.2, 0) is 75.2 Å². The number of carbonyl (C=O) groups excluding carboxylic acids is 13. The second-order valence-corrected chi connectivity index (χ2v) is 29.3. The lowest BCUT2D eigenvalue weighted by molar-refractivity contribution is -0.137.